The minimum absolute atomic E-state index is 0.189. The van der Waals surface area contributed by atoms with Crippen LogP contribution in [0, 0.1) is 0 Å². The standard InChI is InChI=1S/C31H31N5O4/c37-27-21-29(30-33-35-36-34-30)40-28-18-15-24(20-26(27)28)32-31(38)23-13-16-25(17-14-23)39-19-9-4-2-1-3-6-10-22-11-7-5-8-12-22/h5,7-8,11-18,20-21H,1-4,6,9-10,19H2,(H,32,38)(H,33,34,35,36). The molecule has 2 heterocycles. The van der Waals surface area contributed by atoms with Gasteiger partial charge >= 0.3 is 0 Å². The number of hydrogen-bond donors (Lipinski definition) is 2. The molecule has 0 unspecified atom stereocenters. The van der Waals surface area contributed by atoms with Crippen LogP contribution < -0.4 is 15.5 Å². The Kier molecular flexibility index (Phi) is 8.93. The van der Waals surface area contributed by atoms with Gasteiger partial charge in [0.1, 0.15) is 11.3 Å². The van der Waals surface area contributed by atoms with Gasteiger partial charge in [-0.15, -0.1) is 10.2 Å². The van der Waals surface area contributed by atoms with Crippen LogP contribution in [-0.2, 0) is 6.42 Å². The molecule has 204 valence electrons. The number of carbonyl (C=O) groups excluding carboxylic acids is 1. The second-order valence-corrected chi connectivity index (χ2v) is 9.61. The predicted molar refractivity (Wildman–Crippen MR) is 153 cm³/mol. The number of hydrogen-bond acceptors (Lipinski definition) is 7. The number of tetrazole rings is 1. The van der Waals surface area contributed by atoms with Gasteiger partial charge in [0.05, 0.1) is 12.0 Å². The maximum Gasteiger partial charge on any atom is 0.255 e. The lowest BCUT2D eigenvalue weighted by atomic mass is 10.1. The molecule has 0 saturated heterocycles. The molecule has 40 heavy (non-hydrogen) atoms. The molecule has 2 N–H and O–H groups in total. The van der Waals surface area contributed by atoms with Crippen molar-refractivity contribution in [2.24, 2.45) is 0 Å². The fourth-order valence-electron chi connectivity index (χ4n) is 4.49. The lowest BCUT2D eigenvalue weighted by molar-refractivity contribution is 0.102. The van der Waals surface area contributed by atoms with Gasteiger partial charge in [-0.3, -0.25) is 9.59 Å². The van der Waals surface area contributed by atoms with Gasteiger partial charge < -0.3 is 14.5 Å². The highest BCUT2D eigenvalue weighted by atomic mass is 16.5. The molecule has 1 amide bonds. The summed E-state index contributed by atoms with van der Waals surface area (Å²) in [7, 11) is 0. The smallest absolute Gasteiger partial charge is 0.255 e. The number of nitrogens with zero attached hydrogens (tertiary/aromatic N) is 3. The average molecular weight is 538 g/mol. The van der Waals surface area contributed by atoms with Crippen LogP contribution in [0.1, 0.15) is 54.4 Å². The van der Waals surface area contributed by atoms with Crippen molar-refractivity contribution < 1.29 is 13.9 Å². The van der Waals surface area contributed by atoms with Crippen molar-refractivity contribution in [2.75, 3.05) is 11.9 Å². The summed E-state index contributed by atoms with van der Waals surface area (Å²) in [6.45, 7) is 0.656. The number of aromatic amines is 1. The molecule has 3 aromatic carbocycles. The van der Waals surface area contributed by atoms with Crippen molar-refractivity contribution in [1.29, 1.82) is 0 Å². The van der Waals surface area contributed by atoms with Crippen LogP contribution in [0.4, 0.5) is 5.69 Å². The molecule has 5 rings (SSSR count). The lowest BCUT2D eigenvalue weighted by Crippen LogP contribution is -2.12. The number of benzene rings is 3. The van der Waals surface area contributed by atoms with Crippen molar-refractivity contribution in [3.63, 3.8) is 0 Å². The van der Waals surface area contributed by atoms with Crippen molar-refractivity contribution in [3.8, 4) is 17.3 Å². The second kappa shape index (κ2) is 13.3. The molecular formula is C31H31N5O4. The Balaban J connectivity index is 1.04. The number of amides is 1. The summed E-state index contributed by atoms with van der Waals surface area (Å²) in [5.74, 6) is 0.847. The maximum atomic E-state index is 12.8. The number of aryl methyl sites for hydroxylation is 1. The van der Waals surface area contributed by atoms with Crippen LogP contribution in [0.25, 0.3) is 22.6 Å². The second-order valence-electron chi connectivity index (χ2n) is 9.61. The Hall–Kier alpha value is -4.79. The van der Waals surface area contributed by atoms with E-state index in [1.807, 2.05) is 0 Å². The normalized spacial score (nSPS) is 11.0. The summed E-state index contributed by atoms with van der Waals surface area (Å²) in [4.78, 5) is 25.4. The van der Waals surface area contributed by atoms with E-state index in [1.165, 1.54) is 37.3 Å². The van der Waals surface area contributed by atoms with Crippen LogP contribution in [0.15, 0.2) is 88.1 Å². The number of nitrogens with one attached hydrogen (secondary N) is 2. The van der Waals surface area contributed by atoms with E-state index < -0.39 is 0 Å². The highest BCUT2D eigenvalue weighted by Crippen LogP contribution is 2.22. The third-order valence-electron chi connectivity index (χ3n) is 6.64. The molecule has 0 aliphatic heterocycles. The molecule has 0 radical (unpaired) electrons. The summed E-state index contributed by atoms with van der Waals surface area (Å²) in [5.41, 5.74) is 2.47. The minimum Gasteiger partial charge on any atom is -0.494 e. The number of aromatic nitrogens is 4. The maximum absolute atomic E-state index is 12.8. The molecule has 0 aliphatic rings. The zero-order valence-electron chi connectivity index (χ0n) is 22.1. The fraction of sp³-hybridized carbons (Fsp3) is 0.258. The van der Waals surface area contributed by atoms with Crippen LogP contribution in [0.5, 0.6) is 5.75 Å². The van der Waals surface area contributed by atoms with Crippen LogP contribution in [0.2, 0.25) is 0 Å². The van der Waals surface area contributed by atoms with Crippen LogP contribution in [0.3, 0.4) is 0 Å². The third-order valence-corrected chi connectivity index (χ3v) is 6.64. The van der Waals surface area contributed by atoms with Gasteiger partial charge in [-0.05, 0) is 72.5 Å². The van der Waals surface area contributed by atoms with Crippen molar-refractivity contribution in [3.05, 3.63) is 100 Å². The number of anilines is 1. The summed E-state index contributed by atoms with van der Waals surface area (Å²) < 4.78 is 11.6. The first-order valence-corrected chi connectivity index (χ1v) is 13.6. The predicted octanol–water partition coefficient (Wildman–Crippen LogP) is 6.19. The molecule has 0 atom stereocenters. The van der Waals surface area contributed by atoms with Crippen LogP contribution in [-0.4, -0.2) is 33.1 Å². The van der Waals surface area contributed by atoms with E-state index in [-0.39, 0.29) is 22.9 Å². The number of unbranched alkanes of at least 4 members (excludes halogenated alkanes) is 5. The Morgan fingerprint density at radius 1 is 0.875 bits per heavy atom. The summed E-state index contributed by atoms with van der Waals surface area (Å²) in [6.07, 6.45) is 8.27. The molecule has 9 heteroatoms. The first kappa shape index (κ1) is 26.8. The van der Waals surface area contributed by atoms with Gasteiger partial charge in [-0.1, -0.05) is 56.0 Å². The van der Waals surface area contributed by atoms with E-state index in [1.54, 1.807) is 42.5 Å². The lowest BCUT2D eigenvalue weighted by Gasteiger charge is -2.09. The van der Waals surface area contributed by atoms with Crippen molar-refractivity contribution in [2.45, 2.75) is 44.9 Å². The molecule has 0 saturated carbocycles. The number of carbonyl (C=O) groups is 1. The Morgan fingerprint density at radius 3 is 2.42 bits per heavy atom. The van der Waals surface area contributed by atoms with E-state index in [2.05, 4.69) is 56.3 Å². The number of fused-ring (bicyclic) bond motifs is 1. The highest BCUT2D eigenvalue weighted by molar-refractivity contribution is 6.05. The topological polar surface area (TPSA) is 123 Å². The number of ether oxygens (including phenoxy) is 1. The van der Waals surface area contributed by atoms with Gasteiger partial charge in [0.25, 0.3) is 5.91 Å². The first-order chi connectivity index (χ1) is 19.7. The zero-order chi connectivity index (χ0) is 27.6. The van der Waals surface area contributed by atoms with Gasteiger partial charge in [-0.2, -0.15) is 5.21 Å². The van der Waals surface area contributed by atoms with E-state index >= 15 is 0 Å². The summed E-state index contributed by atoms with van der Waals surface area (Å²) >= 11 is 0. The van der Waals surface area contributed by atoms with E-state index in [0.29, 0.717) is 28.8 Å². The summed E-state index contributed by atoms with van der Waals surface area (Å²) in [5, 5.41) is 16.6. The Morgan fingerprint density at radius 2 is 1.65 bits per heavy atom. The van der Waals surface area contributed by atoms with Crippen molar-refractivity contribution >= 4 is 22.6 Å². The quantitative estimate of drug-likeness (QED) is 0.172. The fourth-order valence-corrected chi connectivity index (χ4v) is 4.49. The highest BCUT2D eigenvalue weighted by Gasteiger charge is 2.12. The number of H-pyrrole nitrogens is 1. The SMILES string of the molecule is O=C(Nc1ccc2oc(-c3nn[nH]n3)cc(=O)c2c1)c1ccc(OCCCCCCCCc2ccccc2)cc1. The zero-order valence-corrected chi connectivity index (χ0v) is 22.1. The first-order valence-electron chi connectivity index (χ1n) is 13.6. The molecule has 0 aliphatic carbocycles. The molecule has 5 aromatic rings. The molecular weight excluding hydrogens is 506 g/mol. The van der Waals surface area contributed by atoms with E-state index in [0.717, 1.165) is 25.0 Å². The Labute approximate surface area is 231 Å². The largest absolute Gasteiger partial charge is 0.494 e. The van der Waals surface area contributed by atoms with Crippen molar-refractivity contribution in [1.82, 2.24) is 20.6 Å². The van der Waals surface area contributed by atoms with Crippen LogP contribution >= 0.6 is 0 Å². The monoisotopic (exact) mass is 537 g/mol. The minimum atomic E-state index is -0.286. The molecule has 0 fully saturated rings. The van der Waals surface area contributed by atoms with E-state index in [9.17, 15) is 9.59 Å². The van der Waals surface area contributed by atoms with Gasteiger partial charge in [0, 0.05) is 17.3 Å². The summed E-state index contributed by atoms with van der Waals surface area (Å²) in [6, 6.07) is 23.9. The third kappa shape index (κ3) is 7.19. The van der Waals surface area contributed by atoms with Gasteiger partial charge in [0.2, 0.25) is 5.82 Å². The van der Waals surface area contributed by atoms with Gasteiger partial charge in [-0.25, -0.2) is 0 Å². The molecule has 9 nitrogen and oxygen atoms in total. The average Bonchev–Trinajstić information content (AvgIpc) is 3.53. The van der Waals surface area contributed by atoms with Gasteiger partial charge in [0.15, 0.2) is 11.2 Å². The number of rotatable bonds is 13. The molecule has 2 aromatic heterocycles. The van der Waals surface area contributed by atoms with E-state index in [4.69, 9.17) is 9.15 Å². The molecule has 0 spiro atoms. The molecule has 0 bridgehead atoms. The Bertz CT molecular complexity index is 1580.